The van der Waals surface area contributed by atoms with E-state index < -0.39 is 0 Å². The molecule has 0 radical (unpaired) electrons. The van der Waals surface area contributed by atoms with E-state index in [1.165, 1.54) is 0 Å². The van der Waals surface area contributed by atoms with Crippen LogP contribution in [0.1, 0.15) is 5.69 Å². The monoisotopic (exact) mass is 326 g/mol. The number of rotatable bonds is 4. The minimum atomic E-state index is 0. The summed E-state index contributed by atoms with van der Waals surface area (Å²) in [5, 5.41) is 0. The first-order valence-corrected chi connectivity index (χ1v) is 5.98. The standard InChI is InChI=1S/C14H14N4O.2ClH/c1-19-14-4-2-3-13(7-14)18-9-12(16-11-18)8-17-6-5-15-10-17;;/h2-7,9-11H,8H2,1H3;2*1H. The quantitative estimate of drug-likeness (QED) is 0.740. The van der Waals surface area contributed by atoms with E-state index in [0.717, 1.165) is 23.7 Å². The summed E-state index contributed by atoms with van der Waals surface area (Å²) in [5.74, 6) is 0.836. The molecule has 0 spiro atoms. The molecule has 0 N–H and O–H groups in total. The fourth-order valence-corrected chi connectivity index (χ4v) is 1.92. The number of hydrogen-bond acceptors (Lipinski definition) is 3. The third-order valence-electron chi connectivity index (χ3n) is 2.89. The molecule has 2 aromatic heterocycles. The minimum absolute atomic E-state index is 0. The average Bonchev–Trinajstić information content (AvgIpc) is 3.11. The Kier molecular flexibility index (Phi) is 6.27. The Morgan fingerprint density at radius 2 is 2.05 bits per heavy atom. The van der Waals surface area contributed by atoms with Crippen LogP contribution in [0.4, 0.5) is 0 Å². The van der Waals surface area contributed by atoms with Crippen LogP contribution in [-0.4, -0.2) is 26.2 Å². The molecule has 0 unspecified atom stereocenters. The average molecular weight is 327 g/mol. The maximum Gasteiger partial charge on any atom is 0.120 e. The molecule has 0 aliphatic heterocycles. The fourth-order valence-electron chi connectivity index (χ4n) is 1.92. The Hall–Kier alpha value is -1.98. The lowest BCUT2D eigenvalue weighted by atomic mass is 10.3. The van der Waals surface area contributed by atoms with Gasteiger partial charge >= 0.3 is 0 Å². The fraction of sp³-hybridized carbons (Fsp3) is 0.143. The van der Waals surface area contributed by atoms with Crippen molar-refractivity contribution in [3.8, 4) is 11.4 Å². The highest BCUT2D eigenvalue weighted by Gasteiger charge is 2.02. The van der Waals surface area contributed by atoms with Crippen LogP contribution in [0.3, 0.4) is 0 Å². The van der Waals surface area contributed by atoms with Gasteiger partial charge in [-0.05, 0) is 12.1 Å². The number of imidazole rings is 2. The van der Waals surface area contributed by atoms with Gasteiger partial charge < -0.3 is 13.9 Å². The van der Waals surface area contributed by atoms with Crippen molar-refractivity contribution < 1.29 is 4.74 Å². The van der Waals surface area contributed by atoms with Gasteiger partial charge in [0.1, 0.15) is 5.75 Å². The van der Waals surface area contributed by atoms with Crippen molar-refractivity contribution in [1.82, 2.24) is 19.1 Å². The number of hydrogen-bond donors (Lipinski definition) is 0. The Morgan fingerprint density at radius 3 is 2.76 bits per heavy atom. The molecule has 0 saturated heterocycles. The van der Waals surface area contributed by atoms with Crippen molar-refractivity contribution in [3.05, 3.63) is 61.2 Å². The van der Waals surface area contributed by atoms with E-state index >= 15 is 0 Å². The number of ether oxygens (including phenoxy) is 1. The van der Waals surface area contributed by atoms with Crippen LogP contribution in [0.5, 0.6) is 5.75 Å². The molecule has 0 aliphatic rings. The number of halogens is 2. The molecule has 0 atom stereocenters. The highest BCUT2D eigenvalue weighted by Crippen LogP contribution is 2.16. The summed E-state index contributed by atoms with van der Waals surface area (Å²) in [7, 11) is 1.66. The zero-order chi connectivity index (χ0) is 13.1. The Bertz CT molecular complexity index is 667. The van der Waals surface area contributed by atoms with Crippen LogP contribution in [0.15, 0.2) is 55.5 Å². The molecule has 21 heavy (non-hydrogen) atoms. The summed E-state index contributed by atoms with van der Waals surface area (Å²) in [6.45, 7) is 0.719. The van der Waals surface area contributed by atoms with Crippen molar-refractivity contribution in [1.29, 1.82) is 0 Å². The lowest BCUT2D eigenvalue weighted by Gasteiger charge is -2.04. The number of aromatic nitrogens is 4. The zero-order valence-electron chi connectivity index (χ0n) is 11.4. The maximum absolute atomic E-state index is 5.22. The van der Waals surface area contributed by atoms with Crippen molar-refractivity contribution in [2.24, 2.45) is 0 Å². The van der Waals surface area contributed by atoms with Gasteiger partial charge in [-0.3, -0.25) is 0 Å². The molecule has 0 amide bonds. The zero-order valence-corrected chi connectivity index (χ0v) is 13.0. The van der Waals surface area contributed by atoms with Crippen LogP contribution in [0.25, 0.3) is 5.69 Å². The molecule has 112 valence electrons. The van der Waals surface area contributed by atoms with E-state index in [9.17, 15) is 0 Å². The highest BCUT2D eigenvalue weighted by molar-refractivity contribution is 5.85. The van der Waals surface area contributed by atoms with Gasteiger partial charge in [0.25, 0.3) is 0 Å². The van der Waals surface area contributed by atoms with Crippen LogP contribution in [0, 0.1) is 0 Å². The van der Waals surface area contributed by atoms with Crippen molar-refractivity contribution in [2.75, 3.05) is 7.11 Å². The molecule has 7 heteroatoms. The summed E-state index contributed by atoms with van der Waals surface area (Å²) in [6.07, 6.45) is 9.28. The predicted molar refractivity (Wildman–Crippen MR) is 85.9 cm³/mol. The lowest BCUT2D eigenvalue weighted by molar-refractivity contribution is 0.414. The second-order valence-corrected chi connectivity index (χ2v) is 4.21. The Balaban J connectivity index is 0.00000110. The number of benzene rings is 1. The van der Waals surface area contributed by atoms with Crippen LogP contribution in [-0.2, 0) is 6.54 Å². The molecule has 3 aromatic rings. The molecule has 1 aromatic carbocycles. The van der Waals surface area contributed by atoms with E-state index in [2.05, 4.69) is 9.97 Å². The third-order valence-corrected chi connectivity index (χ3v) is 2.89. The van der Waals surface area contributed by atoms with Crippen molar-refractivity contribution >= 4 is 24.8 Å². The number of methoxy groups -OCH3 is 1. The normalized spacial score (nSPS) is 9.57. The van der Waals surface area contributed by atoms with Crippen LogP contribution < -0.4 is 4.74 Å². The lowest BCUT2D eigenvalue weighted by Crippen LogP contribution is -1.96. The summed E-state index contributed by atoms with van der Waals surface area (Å²) >= 11 is 0. The summed E-state index contributed by atoms with van der Waals surface area (Å²) < 4.78 is 9.19. The van der Waals surface area contributed by atoms with E-state index in [0.29, 0.717) is 0 Å². The van der Waals surface area contributed by atoms with Gasteiger partial charge in [-0.25, -0.2) is 9.97 Å². The molecule has 0 aliphatic carbocycles. The second kappa shape index (κ2) is 7.71. The molecular formula is C14H16Cl2N4O. The first-order valence-electron chi connectivity index (χ1n) is 5.98. The molecular weight excluding hydrogens is 311 g/mol. The predicted octanol–water partition coefficient (Wildman–Crippen LogP) is 2.97. The van der Waals surface area contributed by atoms with Gasteiger partial charge in [0, 0.05) is 24.7 Å². The SMILES string of the molecule is COc1cccc(-n2cnc(Cn3ccnc3)c2)c1.Cl.Cl. The highest BCUT2D eigenvalue weighted by atomic mass is 35.5. The van der Waals surface area contributed by atoms with Gasteiger partial charge in [-0.2, -0.15) is 0 Å². The second-order valence-electron chi connectivity index (χ2n) is 4.21. The topological polar surface area (TPSA) is 44.9 Å². The van der Waals surface area contributed by atoms with Gasteiger partial charge in [0.15, 0.2) is 0 Å². The van der Waals surface area contributed by atoms with E-state index in [4.69, 9.17) is 4.74 Å². The third kappa shape index (κ3) is 4.00. The molecule has 2 heterocycles. The van der Waals surface area contributed by atoms with Gasteiger partial charge in [0.2, 0.25) is 0 Å². The molecule has 5 nitrogen and oxygen atoms in total. The van der Waals surface area contributed by atoms with Gasteiger partial charge in [-0.1, -0.05) is 6.07 Å². The van der Waals surface area contributed by atoms with Crippen molar-refractivity contribution in [3.63, 3.8) is 0 Å². The molecule has 0 saturated carbocycles. The molecule has 0 bridgehead atoms. The first kappa shape index (κ1) is 17.1. The molecule has 3 rings (SSSR count). The smallest absolute Gasteiger partial charge is 0.120 e. The van der Waals surface area contributed by atoms with Crippen LogP contribution >= 0.6 is 24.8 Å². The van der Waals surface area contributed by atoms with Gasteiger partial charge in [-0.15, -0.1) is 24.8 Å². The van der Waals surface area contributed by atoms with E-state index in [1.807, 2.05) is 45.8 Å². The van der Waals surface area contributed by atoms with Crippen LogP contribution in [0.2, 0.25) is 0 Å². The van der Waals surface area contributed by atoms with Gasteiger partial charge in [0.05, 0.1) is 37.7 Å². The maximum atomic E-state index is 5.22. The Morgan fingerprint density at radius 1 is 1.19 bits per heavy atom. The summed E-state index contributed by atoms with van der Waals surface area (Å²) in [4.78, 5) is 8.41. The van der Waals surface area contributed by atoms with E-state index in [1.54, 1.807) is 26.0 Å². The first-order chi connectivity index (χ1) is 9.35. The number of nitrogens with zero attached hydrogens (tertiary/aromatic N) is 4. The van der Waals surface area contributed by atoms with Crippen molar-refractivity contribution in [2.45, 2.75) is 6.54 Å². The largest absolute Gasteiger partial charge is 0.497 e. The summed E-state index contributed by atoms with van der Waals surface area (Å²) in [5.41, 5.74) is 2.02. The van der Waals surface area contributed by atoms with E-state index in [-0.39, 0.29) is 24.8 Å². The minimum Gasteiger partial charge on any atom is -0.497 e. The Labute approximate surface area is 135 Å². The molecule has 0 fully saturated rings. The summed E-state index contributed by atoms with van der Waals surface area (Å²) in [6, 6.07) is 7.88.